The summed E-state index contributed by atoms with van der Waals surface area (Å²) in [6.07, 6.45) is 2.19. The Balaban J connectivity index is 1.56. The van der Waals surface area contributed by atoms with Gasteiger partial charge in [0.2, 0.25) is 0 Å². The van der Waals surface area contributed by atoms with E-state index in [9.17, 15) is 9.59 Å². The summed E-state index contributed by atoms with van der Waals surface area (Å²) in [6, 6.07) is 19.1. The van der Waals surface area contributed by atoms with Gasteiger partial charge in [-0.2, -0.15) is 0 Å². The molecule has 1 fully saturated rings. The average Bonchev–Trinajstić information content (AvgIpc) is 3.35. The molecule has 0 radical (unpaired) electrons. The molecular weight excluding hydrogens is 440 g/mol. The fraction of sp³-hybridized carbons (Fsp3) is 0.200. The van der Waals surface area contributed by atoms with Crippen molar-refractivity contribution in [2.45, 2.75) is 12.8 Å². The molecule has 7 nitrogen and oxygen atoms in total. The van der Waals surface area contributed by atoms with E-state index in [0.29, 0.717) is 33.4 Å². The summed E-state index contributed by atoms with van der Waals surface area (Å²) in [4.78, 5) is 27.7. The molecule has 3 aromatic carbocycles. The summed E-state index contributed by atoms with van der Waals surface area (Å²) < 4.78 is 5.30. The van der Waals surface area contributed by atoms with Gasteiger partial charge in [0.15, 0.2) is 0 Å². The molecule has 0 aromatic heterocycles. The lowest BCUT2D eigenvalue weighted by Gasteiger charge is -2.23. The van der Waals surface area contributed by atoms with E-state index in [1.54, 1.807) is 36.4 Å². The number of benzene rings is 3. The Morgan fingerprint density at radius 1 is 0.879 bits per heavy atom. The quantitative estimate of drug-likeness (QED) is 0.427. The van der Waals surface area contributed by atoms with E-state index in [1.165, 1.54) is 7.11 Å². The number of amides is 3. The molecule has 170 valence electrons. The number of nitrogens with zero attached hydrogens (tertiary/aromatic N) is 1. The minimum absolute atomic E-state index is 0.219. The zero-order valence-corrected chi connectivity index (χ0v) is 19.0. The first-order valence-electron chi connectivity index (χ1n) is 10.7. The van der Waals surface area contributed by atoms with Crippen molar-refractivity contribution in [3.8, 4) is 5.75 Å². The Morgan fingerprint density at radius 3 is 2.33 bits per heavy atom. The van der Waals surface area contributed by atoms with E-state index in [0.717, 1.165) is 31.6 Å². The fourth-order valence-corrected chi connectivity index (χ4v) is 3.97. The number of methoxy groups -OCH3 is 1. The van der Waals surface area contributed by atoms with Crippen LogP contribution in [0.15, 0.2) is 66.7 Å². The van der Waals surface area contributed by atoms with E-state index >= 15 is 0 Å². The summed E-state index contributed by atoms with van der Waals surface area (Å²) in [5.41, 5.74) is 3.10. The van der Waals surface area contributed by atoms with Gasteiger partial charge < -0.3 is 25.6 Å². The smallest absolute Gasteiger partial charge is 0.323 e. The van der Waals surface area contributed by atoms with E-state index in [4.69, 9.17) is 16.3 Å². The lowest BCUT2D eigenvalue weighted by atomic mass is 10.2. The molecule has 0 aliphatic carbocycles. The summed E-state index contributed by atoms with van der Waals surface area (Å²) in [7, 11) is 1.52. The lowest BCUT2D eigenvalue weighted by Crippen LogP contribution is -2.24. The predicted molar refractivity (Wildman–Crippen MR) is 133 cm³/mol. The molecule has 3 aromatic rings. The zero-order chi connectivity index (χ0) is 23.2. The molecule has 4 rings (SSSR count). The summed E-state index contributed by atoms with van der Waals surface area (Å²) in [5, 5.41) is 9.09. The van der Waals surface area contributed by atoms with Crippen LogP contribution < -0.4 is 25.6 Å². The van der Waals surface area contributed by atoms with Crippen molar-refractivity contribution in [1.82, 2.24) is 0 Å². The number of ether oxygens (including phenoxy) is 1. The summed E-state index contributed by atoms with van der Waals surface area (Å²) >= 11 is 6.07. The van der Waals surface area contributed by atoms with Crippen LogP contribution in [0, 0.1) is 0 Å². The Bertz CT molecular complexity index is 1150. The topological polar surface area (TPSA) is 82.7 Å². The number of anilines is 4. The number of nitrogens with one attached hydrogen (secondary N) is 3. The van der Waals surface area contributed by atoms with E-state index < -0.39 is 6.03 Å². The number of halogens is 1. The van der Waals surface area contributed by atoms with Gasteiger partial charge in [0, 0.05) is 29.4 Å². The average molecular weight is 465 g/mol. The number of carbonyl (C=O) groups excluding carboxylic acids is 2. The Labute approximate surface area is 197 Å². The van der Waals surface area contributed by atoms with Crippen LogP contribution in [0.4, 0.5) is 27.5 Å². The number of urea groups is 1. The maximum atomic E-state index is 12.9. The molecular formula is C25H25ClN4O3. The second-order valence-electron chi connectivity index (χ2n) is 7.67. The molecule has 0 unspecified atom stereocenters. The van der Waals surface area contributed by atoms with Crippen LogP contribution in [0.3, 0.4) is 0 Å². The standard InChI is InChI=1S/C25H25ClN4O3/c1-33-23-12-9-18(26)15-21(23)29-25(32)28-20-16-19(10-11-22(20)30-13-5-6-14-30)27-24(31)17-7-3-2-4-8-17/h2-4,7-12,15-16H,5-6,13-14H2,1H3,(H,27,31)(H2,28,29,32). The molecule has 1 saturated heterocycles. The van der Waals surface area contributed by atoms with Gasteiger partial charge in [0.25, 0.3) is 5.91 Å². The van der Waals surface area contributed by atoms with Crippen molar-refractivity contribution in [3.63, 3.8) is 0 Å². The van der Waals surface area contributed by atoms with E-state index in [2.05, 4.69) is 20.9 Å². The van der Waals surface area contributed by atoms with Gasteiger partial charge in [0.1, 0.15) is 5.75 Å². The van der Waals surface area contributed by atoms with Gasteiger partial charge >= 0.3 is 6.03 Å². The van der Waals surface area contributed by atoms with Crippen LogP contribution in [-0.4, -0.2) is 32.1 Å². The molecule has 1 heterocycles. The van der Waals surface area contributed by atoms with Gasteiger partial charge in [-0.3, -0.25) is 4.79 Å². The Hall–Kier alpha value is -3.71. The number of rotatable bonds is 6. The third-order valence-electron chi connectivity index (χ3n) is 5.40. The largest absolute Gasteiger partial charge is 0.495 e. The van der Waals surface area contributed by atoms with Gasteiger partial charge in [-0.05, 0) is 61.4 Å². The molecule has 3 N–H and O–H groups in total. The van der Waals surface area contributed by atoms with Gasteiger partial charge in [0.05, 0.1) is 24.2 Å². The molecule has 0 saturated carbocycles. The van der Waals surface area contributed by atoms with Gasteiger partial charge in [-0.25, -0.2) is 4.79 Å². The highest BCUT2D eigenvalue weighted by Crippen LogP contribution is 2.33. The van der Waals surface area contributed by atoms with Crippen molar-refractivity contribution >= 4 is 46.3 Å². The van der Waals surface area contributed by atoms with E-state index in [1.807, 2.05) is 30.3 Å². The highest BCUT2D eigenvalue weighted by Gasteiger charge is 2.19. The van der Waals surface area contributed by atoms with Crippen molar-refractivity contribution < 1.29 is 14.3 Å². The minimum atomic E-state index is -0.442. The number of carbonyl (C=O) groups is 2. The Morgan fingerprint density at radius 2 is 1.61 bits per heavy atom. The zero-order valence-electron chi connectivity index (χ0n) is 18.2. The molecule has 0 bridgehead atoms. The maximum Gasteiger partial charge on any atom is 0.323 e. The second-order valence-corrected chi connectivity index (χ2v) is 8.11. The van der Waals surface area contributed by atoms with Crippen LogP contribution >= 0.6 is 11.6 Å². The first-order valence-corrected chi connectivity index (χ1v) is 11.1. The molecule has 0 atom stereocenters. The van der Waals surface area contributed by atoms with Crippen LogP contribution in [0.2, 0.25) is 5.02 Å². The monoisotopic (exact) mass is 464 g/mol. The van der Waals surface area contributed by atoms with Crippen molar-refractivity contribution in [2.24, 2.45) is 0 Å². The first-order chi connectivity index (χ1) is 16.0. The van der Waals surface area contributed by atoms with Gasteiger partial charge in [-0.15, -0.1) is 0 Å². The SMILES string of the molecule is COc1ccc(Cl)cc1NC(=O)Nc1cc(NC(=O)c2ccccc2)ccc1N1CCCC1. The highest BCUT2D eigenvalue weighted by molar-refractivity contribution is 6.31. The Kier molecular flexibility index (Phi) is 7.00. The molecule has 1 aliphatic heterocycles. The minimum Gasteiger partial charge on any atom is -0.495 e. The first kappa shape index (κ1) is 22.5. The fourth-order valence-electron chi connectivity index (χ4n) is 3.79. The second kappa shape index (κ2) is 10.3. The molecule has 1 aliphatic rings. The normalized spacial score (nSPS) is 12.8. The van der Waals surface area contributed by atoms with Crippen LogP contribution in [0.25, 0.3) is 0 Å². The molecule has 0 spiro atoms. The van der Waals surface area contributed by atoms with Crippen LogP contribution in [0.5, 0.6) is 5.75 Å². The van der Waals surface area contributed by atoms with Crippen molar-refractivity contribution in [1.29, 1.82) is 0 Å². The van der Waals surface area contributed by atoms with Crippen molar-refractivity contribution in [2.75, 3.05) is 41.0 Å². The third-order valence-corrected chi connectivity index (χ3v) is 5.63. The van der Waals surface area contributed by atoms with E-state index in [-0.39, 0.29) is 5.91 Å². The molecule has 33 heavy (non-hydrogen) atoms. The number of hydrogen-bond acceptors (Lipinski definition) is 4. The van der Waals surface area contributed by atoms with Crippen LogP contribution in [0.1, 0.15) is 23.2 Å². The molecule has 3 amide bonds. The third kappa shape index (κ3) is 5.56. The van der Waals surface area contributed by atoms with Crippen molar-refractivity contribution in [3.05, 3.63) is 77.3 Å². The molecule has 8 heteroatoms. The highest BCUT2D eigenvalue weighted by atomic mass is 35.5. The lowest BCUT2D eigenvalue weighted by molar-refractivity contribution is 0.102. The number of hydrogen-bond donors (Lipinski definition) is 3. The van der Waals surface area contributed by atoms with Gasteiger partial charge in [-0.1, -0.05) is 29.8 Å². The maximum absolute atomic E-state index is 12.9. The summed E-state index contributed by atoms with van der Waals surface area (Å²) in [6.45, 7) is 1.82. The summed E-state index contributed by atoms with van der Waals surface area (Å²) in [5.74, 6) is 0.279. The van der Waals surface area contributed by atoms with Crippen LogP contribution in [-0.2, 0) is 0 Å². The predicted octanol–water partition coefficient (Wildman–Crippen LogP) is 5.85.